The van der Waals surface area contributed by atoms with Crippen molar-refractivity contribution in [1.29, 1.82) is 0 Å². The molecule has 5 heteroatoms. The highest BCUT2D eigenvalue weighted by atomic mass is 35.5. The molecule has 1 amide bonds. The summed E-state index contributed by atoms with van der Waals surface area (Å²) >= 11 is 6.30. The van der Waals surface area contributed by atoms with E-state index in [0.29, 0.717) is 5.02 Å². The van der Waals surface area contributed by atoms with Gasteiger partial charge in [0.15, 0.2) is 0 Å². The molecule has 1 N–H and O–H groups in total. The molecule has 0 aliphatic carbocycles. The first kappa shape index (κ1) is 16.6. The summed E-state index contributed by atoms with van der Waals surface area (Å²) in [7, 11) is 0. The third-order valence-corrected chi connectivity index (χ3v) is 6.18. The molecule has 136 valence electrons. The second-order valence-corrected chi connectivity index (χ2v) is 7.83. The standard InChI is InChI=1S/C22H20ClN3O/c23-16-6-7-19-18(12-16)22(9-10-25-19)8-3-11-26(21(22)27)20-14-24-13-15-4-1-2-5-17(15)20/h1-2,4-7,12-14,25H,3,8-11H2. The number of pyridine rings is 1. The number of aromatic nitrogens is 1. The molecule has 2 aromatic carbocycles. The van der Waals surface area contributed by atoms with Crippen LogP contribution < -0.4 is 10.2 Å². The van der Waals surface area contributed by atoms with E-state index >= 15 is 0 Å². The Morgan fingerprint density at radius 2 is 2.00 bits per heavy atom. The van der Waals surface area contributed by atoms with E-state index in [9.17, 15) is 4.79 Å². The Labute approximate surface area is 163 Å². The van der Waals surface area contributed by atoms with Gasteiger partial charge in [-0.15, -0.1) is 0 Å². The first-order valence-corrected chi connectivity index (χ1v) is 9.75. The van der Waals surface area contributed by atoms with Gasteiger partial charge < -0.3 is 10.2 Å². The van der Waals surface area contributed by atoms with Gasteiger partial charge in [-0.25, -0.2) is 0 Å². The number of nitrogens with zero attached hydrogens (tertiary/aromatic N) is 2. The number of hydrogen-bond donors (Lipinski definition) is 1. The van der Waals surface area contributed by atoms with Crippen molar-refractivity contribution < 1.29 is 4.79 Å². The second kappa shape index (κ2) is 6.24. The topological polar surface area (TPSA) is 45.2 Å². The van der Waals surface area contributed by atoms with Gasteiger partial charge in [0.1, 0.15) is 0 Å². The molecule has 1 aromatic heterocycles. The monoisotopic (exact) mass is 377 g/mol. The highest BCUT2D eigenvalue weighted by Crippen LogP contribution is 2.46. The van der Waals surface area contributed by atoms with Gasteiger partial charge in [-0.3, -0.25) is 9.78 Å². The van der Waals surface area contributed by atoms with Crippen LogP contribution in [0.5, 0.6) is 0 Å². The molecule has 4 nitrogen and oxygen atoms in total. The smallest absolute Gasteiger partial charge is 0.237 e. The zero-order valence-corrected chi connectivity index (χ0v) is 15.7. The molecule has 2 aliphatic heterocycles. The lowest BCUT2D eigenvalue weighted by atomic mass is 9.68. The highest BCUT2D eigenvalue weighted by Gasteiger charge is 2.48. The molecule has 1 fully saturated rings. The number of benzene rings is 2. The normalized spacial score (nSPS) is 22.0. The van der Waals surface area contributed by atoms with E-state index in [-0.39, 0.29) is 5.91 Å². The summed E-state index contributed by atoms with van der Waals surface area (Å²) in [4.78, 5) is 20.2. The van der Waals surface area contributed by atoms with Gasteiger partial charge in [-0.2, -0.15) is 0 Å². The number of piperidine rings is 1. The van der Waals surface area contributed by atoms with E-state index in [1.54, 1.807) is 0 Å². The number of carbonyl (C=O) groups is 1. The molecule has 5 rings (SSSR count). The van der Waals surface area contributed by atoms with Crippen molar-refractivity contribution in [2.45, 2.75) is 24.7 Å². The van der Waals surface area contributed by atoms with Crippen molar-refractivity contribution in [3.05, 3.63) is 65.4 Å². The predicted molar refractivity (Wildman–Crippen MR) is 110 cm³/mol. The molecule has 0 radical (unpaired) electrons. The van der Waals surface area contributed by atoms with E-state index in [1.165, 1.54) is 0 Å². The van der Waals surface area contributed by atoms with Crippen molar-refractivity contribution in [1.82, 2.24) is 4.98 Å². The molecule has 3 heterocycles. The van der Waals surface area contributed by atoms with Gasteiger partial charge in [-0.05, 0) is 43.0 Å². The molecule has 0 bridgehead atoms. The molecule has 1 spiro atoms. The van der Waals surface area contributed by atoms with E-state index in [2.05, 4.69) is 16.4 Å². The van der Waals surface area contributed by atoms with Crippen molar-refractivity contribution in [2.75, 3.05) is 23.3 Å². The van der Waals surface area contributed by atoms with Crippen LogP contribution in [0.4, 0.5) is 11.4 Å². The molecule has 27 heavy (non-hydrogen) atoms. The maximum Gasteiger partial charge on any atom is 0.237 e. The number of nitrogens with one attached hydrogen (secondary N) is 1. The minimum atomic E-state index is -0.513. The van der Waals surface area contributed by atoms with Crippen LogP contribution in [0.15, 0.2) is 54.9 Å². The van der Waals surface area contributed by atoms with Gasteiger partial charge >= 0.3 is 0 Å². The zero-order chi connectivity index (χ0) is 18.4. The van der Waals surface area contributed by atoms with Gasteiger partial charge in [0, 0.05) is 40.8 Å². The lowest BCUT2D eigenvalue weighted by molar-refractivity contribution is -0.126. The number of hydrogen-bond acceptors (Lipinski definition) is 3. The lowest BCUT2D eigenvalue weighted by Crippen LogP contribution is -2.54. The maximum atomic E-state index is 13.8. The van der Waals surface area contributed by atoms with Gasteiger partial charge in [0.05, 0.1) is 17.3 Å². The molecule has 1 atom stereocenters. The molecular formula is C22H20ClN3O. The van der Waals surface area contributed by atoms with Crippen LogP contribution in [0.3, 0.4) is 0 Å². The van der Waals surface area contributed by atoms with Crippen molar-refractivity contribution in [2.24, 2.45) is 0 Å². The van der Waals surface area contributed by atoms with E-state index in [0.717, 1.165) is 60.1 Å². The molecule has 3 aromatic rings. The number of amides is 1. The minimum absolute atomic E-state index is 0.164. The number of fused-ring (bicyclic) bond motifs is 3. The summed E-state index contributed by atoms with van der Waals surface area (Å²) in [6.45, 7) is 1.52. The Hall–Kier alpha value is -2.59. The summed E-state index contributed by atoms with van der Waals surface area (Å²) in [5.41, 5.74) is 2.45. The van der Waals surface area contributed by atoms with Crippen LogP contribution in [-0.2, 0) is 10.2 Å². The van der Waals surface area contributed by atoms with E-state index < -0.39 is 5.41 Å². The van der Waals surface area contributed by atoms with Crippen molar-refractivity contribution >= 4 is 39.7 Å². The Kier molecular flexibility index (Phi) is 3.83. The lowest BCUT2D eigenvalue weighted by Gasteiger charge is -2.45. The fourth-order valence-corrected chi connectivity index (χ4v) is 4.82. The van der Waals surface area contributed by atoms with Crippen LogP contribution >= 0.6 is 11.6 Å². The Balaban J connectivity index is 1.65. The van der Waals surface area contributed by atoms with E-state index in [4.69, 9.17) is 11.6 Å². The Bertz CT molecular complexity index is 1050. The highest BCUT2D eigenvalue weighted by molar-refractivity contribution is 6.30. The van der Waals surface area contributed by atoms with Gasteiger partial charge in [0.25, 0.3) is 0 Å². The summed E-state index contributed by atoms with van der Waals surface area (Å²) in [6, 6.07) is 13.9. The average molecular weight is 378 g/mol. The quantitative estimate of drug-likeness (QED) is 0.664. The summed E-state index contributed by atoms with van der Waals surface area (Å²) in [5, 5.41) is 6.22. The Morgan fingerprint density at radius 3 is 2.93 bits per heavy atom. The minimum Gasteiger partial charge on any atom is -0.385 e. The van der Waals surface area contributed by atoms with Gasteiger partial charge in [0.2, 0.25) is 5.91 Å². The zero-order valence-electron chi connectivity index (χ0n) is 14.9. The van der Waals surface area contributed by atoms with Crippen molar-refractivity contribution in [3.63, 3.8) is 0 Å². The predicted octanol–water partition coefficient (Wildman–Crippen LogP) is 4.77. The van der Waals surface area contributed by atoms with Crippen molar-refractivity contribution in [3.8, 4) is 0 Å². The molecule has 1 unspecified atom stereocenters. The number of rotatable bonds is 1. The second-order valence-electron chi connectivity index (χ2n) is 7.39. The largest absolute Gasteiger partial charge is 0.385 e. The third-order valence-electron chi connectivity index (χ3n) is 5.94. The van der Waals surface area contributed by atoms with Crippen LogP contribution in [0.25, 0.3) is 10.8 Å². The van der Waals surface area contributed by atoms with Crippen LogP contribution in [-0.4, -0.2) is 24.0 Å². The van der Waals surface area contributed by atoms with Crippen LogP contribution in [0, 0.1) is 0 Å². The summed E-state index contributed by atoms with van der Waals surface area (Å²) < 4.78 is 0. The number of halogens is 1. The molecular weight excluding hydrogens is 358 g/mol. The average Bonchev–Trinajstić information content (AvgIpc) is 2.70. The van der Waals surface area contributed by atoms with E-state index in [1.807, 2.05) is 53.7 Å². The molecule has 2 aliphatic rings. The first-order chi connectivity index (χ1) is 13.2. The first-order valence-electron chi connectivity index (χ1n) is 9.38. The fraction of sp³-hybridized carbons (Fsp3) is 0.273. The fourth-order valence-electron chi connectivity index (χ4n) is 4.64. The molecule has 1 saturated heterocycles. The maximum absolute atomic E-state index is 13.8. The molecule has 0 saturated carbocycles. The Morgan fingerprint density at radius 1 is 1.11 bits per heavy atom. The summed E-state index contributed by atoms with van der Waals surface area (Å²) in [5.74, 6) is 0.164. The van der Waals surface area contributed by atoms with Crippen LogP contribution in [0.2, 0.25) is 5.02 Å². The third kappa shape index (κ3) is 2.51. The number of carbonyl (C=O) groups excluding carboxylic acids is 1. The number of anilines is 2. The van der Waals surface area contributed by atoms with Gasteiger partial charge in [-0.1, -0.05) is 35.9 Å². The van der Waals surface area contributed by atoms with Crippen LogP contribution in [0.1, 0.15) is 24.8 Å². The summed E-state index contributed by atoms with van der Waals surface area (Å²) in [6.07, 6.45) is 6.27. The SMILES string of the molecule is O=C1N(c2cncc3ccccc23)CCCC12CCNc1ccc(Cl)cc12.